The number of nitrogens with zero attached hydrogens (tertiary/aromatic N) is 3. The Morgan fingerprint density at radius 3 is 2.93 bits per heavy atom. The van der Waals surface area contributed by atoms with Crippen LogP contribution in [0.1, 0.15) is 23.4 Å². The van der Waals surface area contributed by atoms with Crippen molar-refractivity contribution < 1.29 is 0 Å². The van der Waals surface area contributed by atoms with Gasteiger partial charge >= 0.3 is 0 Å². The van der Waals surface area contributed by atoms with Gasteiger partial charge in [0.15, 0.2) is 5.96 Å². The van der Waals surface area contributed by atoms with E-state index in [0.29, 0.717) is 6.54 Å². The van der Waals surface area contributed by atoms with Gasteiger partial charge in [0.25, 0.3) is 0 Å². The summed E-state index contributed by atoms with van der Waals surface area (Å²) in [5, 5.41) is 16.7. The number of nitrogens with one attached hydrogen (secondary N) is 2. The molecule has 0 atom stereocenters. The lowest BCUT2D eigenvalue weighted by molar-refractivity contribution is 0.699. The molecule has 0 radical (unpaired) electrons. The molecule has 0 aliphatic carbocycles. The fraction of sp³-hybridized carbons (Fsp3) is 0.667. The topological polar surface area (TPSA) is 62.2 Å². The average Bonchev–Trinajstić information content (AvgIpc) is 2.76. The van der Waals surface area contributed by atoms with Crippen molar-refractivity contribution in [1.29, 1.82) is 0 Å². The summed E-state index contributed by atoms with van der Waals surface area (Å²) in [6, 6.07) is 0. The Balaban J connectivity index is 1.84. The summed E-state index contributed by atoms with van der Waals surface area (Å²) >= 11 is 1.65. The summed E-state index contributed by atoms with van der Waals surface area (Å²) in [6.45, 7) is 4.71. The number of aliphatic imine (C=N–C) groups is 1. The lowest BCUT2D eigenvalue weighted by atomic mass is 10.4. The molecule has 82 valence electrons. The van der Waals surface area contributed by atoms with Crippen LogP contribution in [0.3, 0.4) is 0 Å². The van der Waals surface area contributed by atoms with Crippen LogP contribution in [0.5, 0.6) is 0 Å². The Bertz CT molecular complexity index is 346. The number of aromatic nitrogens is 2. The average molecular weight is 225 g/mol. The molecule has 0 saturated carbocycles. The van der Waals surface area contributed by atoms with Gasteiger partial charge in [-0.25, -0.2) is 0 Å². The van der Waals surface area contributed by atoms with Gasteiger partial charge in [-0.1, -0.05) is 18.3 Å². The molecule has 1 aromatic rings. The van der Waals surface area contributed by atoms with Crippen molar-refractivity contribution in [3.63, 3.8) is 0 Å². The van der Waals surface area contributed by atoms with Gasteiger partial charge in [0, 0.05) is 13.1 Å². The maximum absolute atomic E-state index is 4.32. The minimum absolute atomic E-state index is 0.712. The maximum atomic E-state index is 4.32. The summed E-state index contributed by atoms with van der Waals surface area (Å²) in [7, 11) is 0. The molecule has 0 unspecified atom stereocenters. The van der Waals surface area contributed by atoms with E-state index in [4.69, 9.17) is 0 Å². The van der Waals surface area contributed by atoms with Crippen molar-refractivity contribution in [1.82, 2.24) is 20.8 Å². The third-order valence-corrected chi connectivity index (χ3v) is 3.18. The van der Waals surface area contributed by atoms with Crippen LogP contribution in [0.2, 0.25) is 0 Å². The van der Waals surface area contributed by atoms with Crippen molar-refractivity contribution in [3.8, 4) is 0 Å². The van der Waals surface area contributed by atoms with Gasteiger partial charge in [-0.3, -0.25) is 4.99 Å². The first-order chi connectivity index (χ1) is 7.38. The third kappa shape index (κ3) is 2.89. The Kier molecular flexibility index (Phi) is 3.49. The molecule has 2 rings (SSSR count). The summed E-state index contributed by atoms with van der Waals surface area (Å²) in [5.41, 5.74) is 0. The van der Waals surface area contributed by atoms with E-state index in [2.05, 4.69) is 32.7 Å². The minimum atomic E-state index is 0.712. The molecule has 0 amide bonds. The Labute approximate surface area is 93.0 Å². The molecular weight excluding hydrogens is 210 g/mol. The van der Waals surface area contributed by atoms with E-state index in [1.165, 1.54) is 0 Å². The molecule has 2 N–H and O–H groups in total. The highest BCUT2D eigenvalue weighted by Crippen LogP contribution is 2.09. The standard InChI is InChI=1S/C9H15N5S/c1-2-7-13-14-8(15-7)6-12-9-10-4-3-5-11-9/h2-6H2,1H3,(H2,10,11,12). The Hall–Kier alpha value is -1.17. The highest BCUT2D eigenvalue weighted by Gasteiger charge is 2.05. The first-order valence-electron chi connectivity index (χ1n) is 5.22. The largest absolute Gasteiger partial charge is 0.356 e. The fourth-order valence-electron chi connectivity index (χ4n) is 1.31. The fourth-order valence-corrected chi connectivity index (χ4v) is 2.04. The Morgan fingerprint density at radius 2 is 2.27 bits per heavy atom. The molecule has 0 fully saturated rings. The van der Waals surface area contributed by atoms with Crippen LogP contribution in [0.25, 0.3) is 0 Å². The van der Waals surface area contributed by atoms with Crippen LogP contribution in [0.15, 0.2) is 4.99 Å². The monoisotopic (exact) mass is 225 g/mol. The van der Waals surface area contributed by atoms with E-state index in [-0.39, 0.29) is 0 Å². The van der Waals surface area contributed by atoms with E-state index >= 15 is 0 Å². The highest BCUT2D eigenvalue weighted by molar-refractivity contribution is 7.11. The molecular formula is C9H15N5S. The van der Waals surface area contributed by atoms with Crippen molar-refractivity contribution in [2.75, 3.05) is 13.1 Å². The lowest BCUT2D eigenvalue weighted by Gasteiger charge is -2.14. The van der Waals surface area contributed by atoms with Crippen LogP contribution in [-0.2, 0) is 13.0 Å². The summed E-state index contributed by atoms with van der Waals surface area (Å²) in [4.78, 5) is 4.32. The van der Waals surface area contributed by atoms with E-state index in [1.807, 2.05) is 0 Å². The van der Waals surface area contributed by atoms with Crippen molar-refractivity contribution in [3.05, 3.63) is 10.0 Å². The van der Waals surface area contributed by atoms with E-state index in [0.717, 1.165) is 41.9 Å². The number of hydrogen-bond acceptors (Lipinski definition) is 6. The molecule has 1 aromatic heterocycles. The molecule has 0 spiro atoms. The van der Waals surface area contributed by atoms with E-state index in [1.54, 1.807) is 11.3 Å². The van der Waals surface area contributed by atoms with Gasteiger partial charge in [-0.2, -0.15) is 0 Å². The smallest absolute Gasteiger partial charge is 0.191 e. The van der Waals surface area contributed by atoms with Crippen LogP contribution in [0.4, 0.5) is 0 Å². The van der Waals surface area contributed by atoms with Gasteiger partial charge in [-0.15, -0.1) is 10.2 Å². The second kappa shape index (κ2) is 5.06. The van der Waals surface area contributed by atoms with Crippen LogP contribution in [0, 0.1) is 0 Å². The van der Waals surface area contributed by atoms with Crippen LogP contribution in [-0.4, -0.2) is 29.2 Å². The molecule has 0 saturated heterocycles. The molecule has 1 aliphatic rings. The zero-order valence-corrected chi connectivity index (χ0v) is 9.60. The summed E-state index contributed by atoms with van der Waals surface area (Å²) in [6.07, 6.45) is 2.07. The van der Waals surface area contributed by atoms with Gasteiger partial charge in [0.05, 0.1) is 6.54 Å². The number of guanidine groups is 1. The van der Waals surface area contributed by atoms with E-state index in [9.17, 15) is 0 Å². The van der Waals surface area contributed by atoms with Gasteiger partial charge in [0.1, 0.15) is 10.0 Å². The predicted molar refractivity (Wildman–Crippen MR) is 61.0 cm³/mol. The quantitative estimate of drug-likeness (QED) is 0.788. The first-order valence-corrected chi connectivity index (χ1v) is 6.03. The van der Waals surface area contributed by atoms with Crippen LogP contribution < -0.4 is 10.6 Å². The zero-order chi connectivity index (χ0) is 10.5. The van der Waals surface area contributed by atoms with Gasteiger partial charge in [0.2, 0.25) is 0 Å². The molecule has 1 aliphatic heterocycles. The predicted octanol–water partition coefficient (Wildman–Crippen LogP) is 0.539. The van der Waals surface area contributed by atoms with Gasteiger partial charge in [-0.05, 0) is 12.8 Å². The second-order valence-corrected chi connectivity index (χ2v) is 4.45. The van der Waals surface area contributed by atoms with E-state index < -0.39 is 0 Å². The van der Waals surface area contributed by atoms with Gasteiger partial charge < -0.3 is 10.6 Å². The number of rotatable bonds is 3. The van der Waals surface area contributed by atoms with Crippen molar-refractivity contribution in [2.24, 2.45) is 4.99 Å². The van der Waals surface area contributed by atoms with Crippen molar-refractivity contribution >= 4 is 17.3 Å². The number of aryl methyl sites for hydroxylation is 1. The lowest BCUT2D eigenvalue weighted by Crippen LogP contribution is -2.40. The molecule has 2 heterocycles. The molecule has 6 heteroatoms. The maximum Gasteiger partial charge on any atom is 0.191 e. The zero-order valence-electron chi connectivity index (χ0n) is 8.79. The number of hydrogen-bond donors (Lipinski definition) is 2. The van der Waals surface area contributed by atoms with Crippen LogP contribution >= 0.6 is 11.3 Å². The highest BCUT2D eigenvalue weighted by atomic mass is 32.1. The normalized spacial score (nSPS) is 15.7. The molecule has 0 bridgehead atoms. The molecule has 0 aromatic carbocycles. The summed E-state index contributed by atoms with van der Waals surface area (Å²) in [5.74, 6) is 0.884. The van der Waals surface area contributed by atoms with Crippen molar-refractivity contribution in [2.45, 2.75) is 26.3 Å². The minimum Gasteiger partial charge on any atom is -0.356 e. The third-order valence-electron chi connectivity index (χ3n) is 2.12. The molecule has 15 heavy (non-hydrogen) atoms. The first kappa shape index (κ1) is 10.4. The Morgan fingerprint density at radius 1 is 1.40 bits per heavy atom. The summed E-state index contributed by atoms with van der Waals surface area (Å²) < 4.78 is 0. The molecule has 5 nitrogen and oxygen atoms in total. The SMILES string of the molecule is CCc1nnc(CNC2=NCCCN2)s1. The second-order valence-electron chi connectivity index (χ2n) is 3.31.